The SMILES string of the molecule is Cc1[cH-]c2c(C)ccc(CCl)c2c1C.Cc1[cH-]c2c(C)ccc(CCl)c2c1C.[Cl-].[Cl-].[Zr+2].[Zr+2]. The Kier molecular flexibility index (Phi) is 16.1. The Hall–Kier alpha value is 0.586. The van der Waals surface area contributed by atoms with Crippen molar-refractivity contribution in [2.75, 3.05) is 0 Å². The molecular weight excluding hydrogens is 637 g/mol. The van der Waals surface area contributed by atoms with Gasteiger partial charge in [-0.25, -0.2) is 0 Å². The first-order chi connectivity index (χ1) is 13.3. The third-order valence-electron chi connectivity index (χ3n) is 6.04. The summed E-state index contributed by atoms with van der Waals surface area (Å²) in [7, 11) is 0. The molecule has 4 aromatic carbocycles. The Morgan fingerprint density at radius 1 is 0.594 bits per heavy atom. The molecule has 4 rings (SSSR count). The normalized spacial score (nSPS) is 9.75. The van der Waals surface area contributed by atoms with Crippen LogP contribution in [0.3, 0.4) is 0 Å². The molecule has 0 bridgehead atoms. The molecule has 0 aliphatic rings. The fourth-order valence-electron chi connectivity index (χ4n) is 4.06. The second-order valence-electron chi connectivity index (χ2n) is 7.83. The van der Waals surface area contributed by atoms with E-state index in [4.69, 9.17) is 23.2 Å². The number of aryl methyl sites for hydroxylation is 6. The molecule has 0 fully saturated rings. The van der Waals surface area contributed by atoms with Crippen molar-refractivity contribution in [1.82, 2.24) is 0 Å². The third-order valence-corrected chi connectivity index (χ3v) is 6.62. The van der Waals surface area contributed by atoms with Crippen LogP contribution in [-0.4, -0.2) is 0 Å². The van der Waals surface area contributed by atoms with Gasteiger partial charge < -0.3 is 24.8 Å². The van der Waals surface area contributed by atoms with E-state index >= 15 is 0 Å². The van der Waals surface area contributed by atoms with Gasteiger partial charge in [0.1, 0.15) is 0 Å². The van der Waals surface area contributed by atoms with Crippen molar-refractivity contribution in [2.24, 2.45) is 0 Å². The average molecular weight is 665 g/mol. The number of benzene rings is 2. The molecule has 0 nitrogen and oxygen atoms in total. The predicted octanol–water partition coefficient (Wildman–Crippen LogP) is 2.45. The van der Waals surface area contributed by atoms with E-state index in [1.807, 2.05) is 0 Å². The topological polar surface area (TPSA) is 0 Å². The minimum absolute atomic E-state index is 0. The van der Waals surface area contributed by atoms with E-state index in [9.17, 15) is 0 Å². The number of hydrogen-bond acceptors (Lipinski definition) is 0. The van der Waals surface area contributed by atoms with Gasteiger partial charge in [-0.2, -0.15) is 11.1 Å². The summed E-state index contributed by atoms with van der Waals surface area (Å²) in [5.41, 5.74) is 10.6. The molecule has 0 heterocycles. The zero-order chi connectivity index (χ0) is 20.6. The number of rotatable bonds is 2. The van der Waals surface area contributed by atoms with Crippen LogP contribution in [-0.2, 0) is 64.2 Å². The van der Waals surface area contributed by atoms with Crippen molar-refractivity contribution in [2.45, 2.75) is 53.3 Å². The van der Waals surface area contributed by atoms with Gasteiger partial charge >= 0.3 is 52.4 Å². The smallest absolute Gasteiger partial charge is 1.00 e. The Morgan fingerprint density at radius 3 is 1.19 bits per heavy atom. The molecule has 0 spiro atoms. The average Bonchev–Trinajstić information content (AvgIpc) is 3.16. The van der Waals surface area contributed by atoms with Crippen LogP contribution < -0.4 is 24.8 Å². The number of alkyl halides is 2. The van der Waals surface area contributed by atoms with E-state index in [1.165, 1.54) is 66.1 Å². The zero-order valence-electron chi connectivity index (χ0n) is 19.4. The van der Waals surface area contributed by atoms with E-state index in [2.05, 4.69) is 77.9 Å². The predicted molar refractivity (Wildman–Crippen MR) is 127 cm³/mol. The molecule has 0 atom stereocenters. The third kappa shape index (κ3) is 6.84. The van der Waals surface area contributed by atoms with Gasteiger partial charge in [0.2, 0.25) is 0 Å². The van der Waals surface area contributed by atoms with Gasteiger partial charge in [0.05, 0.1) is 0 Å². The summed E-state index contributed by atoms with van der Waals surface area (Å²) in [6.45, 7) is 13.0. The molecular formula is C26H28Cl4Zr2. The summed E-state index contributed by atoms with van der Waals surface area (Å²) in [5, 5.41) is 5.44. The summed E-state index contributed by atoms with van der Waals surface area (Å²) >= 11 is 11.9. The first kappa shape index (κ1) is 34.8. The number of hydrogen-bond donors (Lipinski definition) is 0. The minimum atomic E-state index is 0. The summed E-state index contributed by atoms with van der Waals surface area (Å²) in [4.78, 5) is 0. The zero-order valence-corrected chi connectivity index (χ0v) is 27.3. The van der Waals surface area contributed by atoms with Gasteiger partial charge in [-0.3, -0.25) is 0 Å². The van der Waals surface area contributed by atoms with Crippen molar-refractivity contribution in [3.8, 4) is 0 Å². The molecule has 0 saturated carbocycles. The standard InChI is InChI=1S/2C13H14Cl.2ClH.2Zr/c2*1-8-4-5-11(7-14)13-10(3)9(2)6-12(8)13;;;;/h2*4-6H,7H2,1-3H3;2*1H;;/q2*-1;;;2*+2/p-2. The molecule has 0 aliphatic carbocycles. The Labute approximate surface area is 253 Å². The van der Waals surface area contributed by atoms with Crippen LogP contribution in [0.15, 0.2) is 36.4 Å². The van der Waals surface area contributed by atoms with Crippen LogP contribution in [0.1, 0.15) is 44.5 Å². The van der Waals surface area contributed by atoms with Gasteiger partial charge in [0, 0.05) is 11.8 Å². The van der Waals surface area contributed by atoms with Gasteiger partial charge in [0.25, 0.3) is 0 Å². The molecule has 32 heavy (non-hydrogen) atoms. The molecule has 6 heteroatoms. The Bertz CT molecular complexity index is 1060. The van der Waals surface area contributed by atoms with Gasteiger partial charge in [0.15, 0.2) is 0 Å². The summed E-state index contributed by atoms with van der Waals surface area (Å²) in [6.07, 6.45) is 0. The van der Waals surface area contributed by atoms with Crippen LogP contribution in [0.25, 0.3) is 21.5 Å². The van der Waals surface area contributed by atoms with E-state index in [0.717, 1.165) is 0 Å². The largest absolute Gasteiger partial charge is 2.00 e. The van der Waals surface area contributed by atoms with Crippen molar-refractivity contribution in [3.63, 3.8) is 0 Å². The molecule has 0 aromatic heterocycles. The van der Waals surface area contributed by atoms with Crippen molar-refractivity contribution in [3.05, 3.63) is 80.9 Å². The molecule has 0 radical (unpaired) electrons. The van der Waals surface area contributed by atoms with E-state index in [1.54, 1.807) is 0 Å². The van der Waals surface area contributed by atoms with Crippen LogP contribution >= 0.6 is 23.2 Å². The quantitative estimate of drug-likeness (QED) is 0.229. The second kappa shape index (κ2) is 14.9. The van der Waals surface area contributed by atoms with E-state index < -0.39 is 0 Å². The number of fused-ring (bicyclic) bond motifs is 2. The summed E-state index contributed by atoms with van der Waals surface area (Å²) in [5.74, 6) is 1.20. The molecule has 0 aliphatic heterocycles. The maximum Gasteiger partial charge on any atom is 2.00 e. The molecule has 0 amide bonds. The molecule has 168 valence electrons. The Morgan fingerprint density at radius 2 is 0.906 bits per heavy atom. The maximum atomic E-state index is 5.94. The molecule has 0 N–H and O–H groups in total. The van der Waals surface area contributed by atoms with Crippen LogP contribution in [0.5, 0.6) is 0 Å². The van der Waals surface area contributed by atoms with Crippen molar-refractivity contribution >= 4 is 44.7 Å². The first-order valence-corrected chi connectivity index (χ1v) is 10.8. The Balaban J connectivity index is 0. The fraction of sp³-hybridized carbons (Fsp3) is 0.308. The van der Waals surface area contributed by atoms with Crippen LogP contribution in [0.4, 0.5) is 0 Å². The van der Waals surface area contributed by atoms with E-state index in [-0.39, 0.29) is 77.2 Å². The molecule has 4 aromatic rings. The van der Waals surface area contributed by atoms with Gasteiger partial charge in [-0.1, -0.05) is 64.8 Å². The molecule has 0 unspecified atom stereocenters. The van der Waals surface area contributed by atoms with Gasteiger partial charge in [-0.15, -0.1) is 91.3 Å². The van der Waals surface area contributed by atoms with Crippen molar-refractivity contribution < 1.29 is 77.2 Å². The number of halogens is 4. The summed E-state index contributed by atoms with van der Waals surface area (Å²) in [6, 6.07) is 13.1. The molecule has 0 saturated heterocycles. The van der Waals surface area contributed by atoms with Crippen LogP contribution in [0, 0.1) is 41.5 Å². The van der Waals surface area contributed by atoms with Gasteiger partial charge in [-0.05, 0) is 0 Å². The fourth-order valence-corrected chi connectivity index (χ4v) is 4.51. The van der Waals surface area contributed by atoms with Crippen molar-refractivity contribution in [1.29, 1.82) is 0 Å². The summed E-state index contributed by atoms with van der Waals surface area (Å²) < 4.78 is 0. The second-order valence-corrected chi connectivity index (χ2v) is 8.37. The van der Waals surface area contributed by atoms with Crippen LogP contribution in [0.2, 0.25) is 0 Å². The first-order valence-electron chi connectivity index (χ1n) is 9.72. The minimum Gasteiger partial charge on any atom is -1.00 e. The monoisotopic (exact) mass is 660 g/mol. The maximum absolute atomic E-state index is 5.94. The van der Waals surface area contributed by atoms with E-state index in [0.29, 0.717) is 11.8 Å².